The molecule has 0 amide bonds. The standard InChI is InChI=1S/C23H28N4OS/c1-3-6-15(7-4-2)22-27-20(16-8-5-9-18(28)14-16)21(29-22)19-12-13-24-23(26-19)25-17-10-11-17/h5,8-9,12-15,17,28H,3-4,6-7,10-11H2,1-2H3,(H,24,25,26). The van der Waals surface area contributed by atoms with E-state index in [-0.39, 0.29) is 5.75 Å². The monoisotopic (exact) mass is 408 g/mol. The Bertz CT molecular complexity index is 961. The molecule has 6 heteroatoms. The second kappa shape index (κ2) is 8.91. The van der Waals surface area contributed by atoms with Crippen molar-refractivity contribution in [2.45, 2.75) is 64.3 Å². The Morgan fingerprint density at radius 2 is 1.93 bits per heavy atom. The van der Waals surface area contributed by atoms with Gasteiger partial charge in [-0.15, -0.1) is 11.3 Å². The highest BCUT2D eigenvalue weighted by Gasteiger charge is 2.24. The van der Waals surface area contributed by atoms with Gasteiger partial charge < -0.3 is 10.4 Å². The van der Waals surface area contributed by atoms with Crippen molar-refractivity contribution < 1.29 is 5.11 Å². The number of aromatic hydroxyl groups is 1. The second-order valence-corrected chi connectivity index (χ2v) is 8.77. The van der Waals surface area contributed by atoms with Gasteiger partial charge in [0.1, 0.15) is 5.75 Å². The molecule has 5 nitrogen and oxygen atoms in total. The number of nitrogens with one attached hydrogen (secondary N) is 1. The largest absolute Gasteiger partial charge is 0.508 e. The lowest BCUT2D eigenvalue weighted by Crippen LogP contribution is -2.05. The lowest BCUT2D eigenvalue weighted by molar-refractivity contribution is 0.475. The van der Waals surface area contributed by atoms with Gasteiger partial charge in [-0.3, -0.25) is 0 Å². The third-order valence-corrected chi connectivity index (χ3v) is 6.43. The lowest BCUT2D eigenvalue weighted by Gasteiger charge is -2.11. The van der Waals surface area contributed by atoms with Crippen molar-refractivity contribution >= 4 is 17.3 Å². The fourth-order valence-corrected chi connectivity index (χ4v) is 4.81. The van der Waals surface area contributed by atoms with Crippen molar-refractivity contribution in [2.24, 2.45) is 0 Å². The summed E-state index contributed by atoms with van der Waals surface area (Å²) in [6.45, 7) is 4.46. The van der Waals surface area contributed by atoms with Gasteiger partial charge in [-0.1, -0.05) is 38.8 Å². The third-order valence-electron chi connectivity index (χ3n) is 5.19. The minimum Gasteiger partial charge on any atom is -0.508 e. The van der Waals surface area contributed by atoms with Crippen molar-refractivity contribution in [2.75, 3.05) is 5.32 Å². The Hall–Kier alpha value is -2.47. The molecule has 1 aliphatic rings. The minimum atomic E-state index is 0.250. The number of hydrogen-bond acceptors (Lipinski definition) is 6. The molecule has 4 rings (SSSR count). The van der Waals surface area contributed by atoms with E-state index in [2.05, 4.69) is 24.1 Å². The van der Waals surface area contributed by atoms with E-state index < -0.39 is 0 Å². The van der Waals surface area contributed by atoms with Crippen LogP contribution in [0.4, 0.5) is 5.95 Å². The molecule has 3 aromatic rings. The van der Waals surface area contributed by atoms with Crippen LogP contribution in [-0.2, 0) is 0 Å². The Balaban J connectivity index is 1.78. The third kappa shape index (κ3) is 4.75. The van der Waals surface area contributed by atoms with Crippen LogP contribution in [0, 0.1) is 0 Å². The average Bonchev–Trinajstić information content (AvgIpc) is 3.42. The first-order valence-electron chi connectivity index (χ1n) is 10.6. The number of rotatable bonds is 9. The molecular formula is C23H28N4OS. The molecule has 2 heterocycles. The van der Waals surface area contributed by atoms with Crippen molar-refractivity contribution in [1.82, 2.24) is 15.0 Å². The molecule has 1 saturated carbocycles. The van der Waals surface area contributed by atoms with Crippen LogP contribution in [0.1, 0.15) is 63.3 Å². The maximum Gasteiger partial charge on any atom is 0.223 e. The van der Waals surface area contributed by atoms with Gasteiger partial charge in [0.05, 0.1) is 21.3 Å². The van der Waals surface area contributed by atoms with E-state index in [1.165, 1.54) is 12.8 Å². The first-order valence-corrected chi connectivity index (χ1v) is 11.4. The van der Waals surface area contributed by atoms with Gasteiger partial charge in [-0.05, 0) is 43.9 Å². The smallest absolute Gasteiger partial charge is 0.223 e. The second-order valence-electron chi connectivity index (χ2n) is 7.74. The van der Waals surface area contributed by atoms with Gasteiger partial charge in [-0.25, -0.2) is 15.0 Å². The van der Waals surface area contributed by atoms with Crippen molar-refractivity contribution in [3.63, 3.8) is 0 Å². The first kappa shape index (κ1) is 19.8. The summed E-state index contributed by atoms with van der Waals surface area (Å²) in [5.74, 6) is 1.40. The van der Waals surface area contributed by atoms with Crippen molar-refractivity contribution in [3.05, 3.63) is 41.5 Å². The number of aromatic nitrogens is 3. The van der Waals surface area contributed by atoms with E-state index in [1.54, 1.807) is 23.5 Å². The summed E-state index contributed by atoms with van der Waals surface area (Å²) in [4.78, 5) is 15.3. The lowest BCUT2D eigenvalue weighted by atomic mass is 9.99. The first-order chi connectivity index (χ1) is 14.2. The van der Waals surface area contributed by atoms with Gasteiger partial charge in [0.25, 0.3) is 0 Å². The quantitative estimate of drug-likeness (QED) is 0.439. The van der Waals surface area contributed by atoms with Crippen LogP contribution >= 0.6 is 11.3 Å². The Labute approximate surface area is 176 Å². The van der Waals surface area contributed by atoms with Crippen LogP contribution in [-0.4, -0.2) is 26.1 Å². The molecule has 0 spiro atoms. The fraction of sp³-hybridized carbons (Fsp3) is 0.435. The predicted molar refractivity (Wildman–Crippen MR) is 119 cm³/mol. The van der Waals surface area contributed by atoms with E-state index >= 15 is 0 Å². The molecule has 0 saturated heterocycles. The van der Waals surface area contributed by atoms with Crippen LogP contribution in [0.5, 0.6) is 5.75 Å². The number of benzene rings is 1. The van der Waals surface area contributed by atoms with Crippen LogP contribution in [0.25, 0.3) is 21.8 Å². The summed E-state index contributed by atoms with van der Waals surface area (Å²) in [7, 11) is 0. The molecule has 29 heavy (non-hydrogen) atoms. The highest BCUT2D eigenvalue weighted by atomic mass is 32.1. The molecule has 1 fully saturated rings. The van der Waals surface area contributed by atoms with Crippen LogP contribution in [0.3, 0.4) is 0 Å². The Morgan fingerprint density at radius 3 is 2.62 bits per heavy atom. The molecule has 0 aliphatic heterocycles. The van der Waals surface area contributed by atoms with Crippen LogP contribution < -0.4 is 5.32 Å². The van der Waals surface area contributed by atoms with Crippen LogP contribution in [0.15, 0.2) is 36.5 Å². The topological polar surface area (TPSA) is 70.9 Å². The SMILES string of the molecule is CCCC(CCC)c1nc(-c2cccc(O)c2)c(-c2ccnc(NC3CC3)n2)s1. The van der Waals surface area contributed by atoms with E-state index in [0.29, 0.717) is 17.9 Å². The van der Waals surface area contributed by atoms with E-state index in [9.17, 15) is 5.11 Å². The molecule has 2 aromatic heterocycles. The average molecular weight is 409 g/mol. The number of thiazole rings is 1. The maximum absolute atomic E-state index is 10.0. The summed E-state index contributed by atoms with van der Waals surface area (Å²) >= 11 is 1.73. The predicted octanol–water partition coefficient (Wildman–Crippen LogP) is 6.23. The van der Waals surface area contributed by atoms with E-state index in [1.807, 2.05) is 24.4 Å². The van der Waals surface area contributed by atoms with E-state index in [4.69, 9.17) is 9.97 Å². The molecule has 1 aromatic carbocycles. The summed E-state index contributed by atoms with van der Waals surface area (Å²) in [6.07, 6.45) is 8.74. The highest BCUT2D eigenvalue weighted by Crippen LogP contribution is 2.41. The van der Waals surface area contributed by atoms with Crippen molar-refractivity contribution in [3.8, 4) is 27.6 Å². The molecule has 0 radical (unpaired) electrons. The molecule has 2 N–H and O–H groups in total. The van der Waals surface area contributed by atoms with Crippen LogP contribution in [0.2, 0.25) is 0 Å². The van der Waals surface area contributed by atoms with E-state index in [0.717, 1.165) is 52.5 Å². The molecule has 1 aliphatic carbocycles. The maximum atomic E-state index is 10.0. The Morgan fingerprint density at radius 1 is 1.14 bits per heavy atom. The minimum absolute atomic E-state index is 0.250. The van der Waals surface area contributed by atoms with Gasteiger partial charge >= 0.3 is 0 Å². The summed E-state index contributed by atoms with van der Waals surface area (Å²) in [5, 5.41) is 14.6. The highest BCUT2D eigenvalue weighted by molar-refractivity contribution is 7.15. The molecule has 152 valence electrons. The van der Waals surface area contributed by atoms with Gasteiger partial charge in [0, 0.05) is 23.7 Å². The molecule has 0 bridgehead atoms. The number of anilines is 1. The summed E-state index contributed by atoms with van der Waals surface area (Å²) < 4.78 is 0. The normalized spacial score (nSPS) is 13.8. The van der Waals surface area contributed by atoms with Gasteiger partial charge in [-0.2, -0.15) is 0 Å². The zero-order chi connectivity index (χ0) is 20.2. The number of hydrogen-bond donors (Lipinski definition) is 2. The summed E-state index contributed by atoms with van der Waals surface area (Å²) in [6, 6.07) is 9.80. The summed E-state index contributed by atoms with van der Waals surface area (Å²) in [5.41, 5.74) is 2.70. The Kier molecular flexibility index (Phi) is 6.09. The van der Waals surface area contributed by atoms with Gasteiger partial charge in [0.15, 0.2) is 0 Å². The number of phenols is 1. The van der Waals surface area contributed by atoms with Gasteiger partial charge in [0.2, 0.25) is 5.95 Å². The fourth-order valence-electron chi connectivity index (χ4n) is 3.59. The molecule has 0 atom stereocenters. The van der Waals surface area contributed by atoms with Crippen molar-refractivity contribution in [1.29, 1.82) is 0 Å². The zero-order valence-corrected chi connectivity index (χ0v) is 17.9. The zero-order valence-electron chi connectivity index (χ0n) is 17.1. The number of nitrogens with zero attached hydrogens (tertiary/aromatic N) is 3. The number of phenolic OH excluding ortho intramolecular Hbond substituents is 1. The molecule has 0 unspecified atom stereocenters. The molecular weight excluding hydrogens is 380 g/mol.